The molecule has 0 bridgehead atoms. The number of amides is 1. The van der Waals surface area contributed by atoms with E-state index < -0.39 is 11.7 Å². The number of carbonyl (C=O) groups excluding carboxylic acids is 2. The topological polar surface area (TPSA) is 60.3 Å². The van der Waals surface area contributed by atoms with Gasteiger partial charge in [0.15, 0.2) is 0 Å². The van der Waals surface area contributed by atoms with Crippen LogP contribution in [0.1, 0.15) is 60.7 Å². The summed E-state index contributed by atoms with van der Waals surface area (Å²) in [5, 5.41) is 3.75. The highest BCUT2D eigenvalue weighted by atomic mass is 19.4. The molecular weight excluding hydrogens is 457 g/mol. The lowest BCUT2D eigenvalue weighted by atomic mass is 9.85. The maximum absolute atomic E-state index is 13.2. The van der Waals surface area contributed by atoms with Gasteiger partial charge in [-0.25, -0.2) is 0 Å². The van der Waals surface area contributed by atoms with E-state index in [1.54, 1.807) is 0 Å². The van der Waals surface area contributed by atoms with Crippen LogP contribution in [0.3, 0.4) is 0 Å². The van der Waals surface area contributed by atoms with Crippen molar-refractivity contribution in [3.63, 3.8) is 0 Å². The van der Waals surface area contributed by atoms with E-state index in [-0.39, 0.29) is 23.7 Å². The molecule has 0 atom stereocenters. The van der Waals surface area contributed by atoms with Crippen LogP contribution < -0.4 is 5.32 Å². The SMILES string of the molecule is CCn1cc(C(=O)NCCC(C)(C)CC(=O)OC)c2c(Cc3ccc(C(F)(F)F)cc3)cccc21. The predicted octanol–water partition coefficient (Wildman–Crippen LogP) is 5.98. The predicted molar refractivity (Wildman–Crippen MR) is 129 cm³/mol. The minimum Gasteiger partial charge on any atom is -0.469 e. The van der Waals surface area contributed by atoms with E-state index in [2.05, 4.69) is 5.32 Å². The number of methoxy groups -OCH3 is 1. The van der Waals surface area contributed by atoms with Crippen molar-refractivity contribution < 1.29 is 27.5 Å². The lowest BCUT2D eigenvalue weighted by molar-refractivity contribution is -0.143. The van der Waals surface area contributed by atoms with E-state index in [0.29, 0.717) is 31.5 Å². The summed E-state index contributed by atoms with van der Waals surface area (Å²) >= 11 is 0. The normalized spacial score (nSPS) is 12.1. The summed E-state index contributed by atoms with van der Waals surface area (Å²) in [5.41, 5.74) is 2.00. The maximum atomic E-state index is 13.2. The molecule has 8 heteroatoms. The van der Waals surface area contributed by atoms with E-state index in [9.17, 15) is 22.8 Å². The molecular formula is C27H31F3N2O3. The lowest BCUT2D eigenvalue weighted by Gasteiger charge is -2.23. The summed E-state index contributed by atoms with van der Waals surface area (Å²) in [5.74, 6) is -0.517. The zero-order valence-corrected chi connectivity index (χ0v) is 20.5. The zero-order valence-electron chi connectivity index (χ0n) is 20.5. The van der Waals surface area contributed by atoms with Crippen molar-refractivity contribution in [2.24, 2.45) is 5.41 Å². The van der Waals surface area contributed by atoms with Crippen LogP contribution in [0.4, 0.5) is 13.2 Å². The molecule has 35 heavy (non-hydrogen) atoms. The van der Waals surface area contributed by atoms with E-state index in [1.165, 1.54) is 19.2 Å². The van der Waals surface area contributed by atoms with Crippen molar-refractivity contribution in [2.75, 3.05) is 13.7 Å². The first kappa shape index (κ1) is 26.3. The Morgan fingerprint density at radius 1 is 1.06 bits per heavy atom. The average molecular weight is 489 g/mol. The van der Waals surface area contributed by atoms with Gasteiger partial charge in [-0.05, 0) is 54.5 Å². The second kappa shape index (κ2) is 10.5. The number of nitrogens with one attached hydrogen (secondary N) is 1. The van der Waals surface area contributed by atoms with Gasteiger partial charge in [0.1, 0.15) is 0 Å². The number of carbonyl (C=O) groups is 2. The Morgan fingerprint density at radius 2 is 1.74 bits per heavy atom. The number of ether oxygens (including phenoxy) is 1. The number of nitrogens with zero attached hydrogens (tertiary/aromatic N) is 1. The van der Waals surface area contributed by atoms with Crippen molar-refractivity contribution in [1.82, 2.24) is 9.88 Å². The van der Waals surface area contributed by atoms with E-state index >= 15 is 0 Å². The van der Waals surface area contributed by atoms with E-state index in [0.717, 1.165) is 34.2 Å². The number of benzene rings is 2. The Bertz CT molecular complexity index is 1190. The van der Waals surface area contributed by atoms with Crippen molar-refractivity contribution >= 4 is 22.8 Å². The standard InChI is InChI=1S/C27H31F3N2O3/c1-5-32-17-21(25(34)31-14-13-26(2,3)16-23(33)35-4)24-19(7-6-8-22(24)32)15-18-9-11-20(12-10-18)27(28,29)30/h6-12,17H,5,13-16H2,1-4H3,(H,31,34). The quantitative estimate of drug-likeness (QED) is 0.377. The highest BCUT2D eigenvalue weighted by Crippen LogP contribution is 2.31. The second-order valence-corrected chi connectivity index (χ2v) is 9.43. The number of hydrogen-bond donors (Lipinski definition) is 1. The Labute approximate surface area is 203 Å². The van der Waals surface area contributed by atoms with E-state index in [1.807, 2.05) is 49.7 Å². The molecule has 1 heterocycles. The van der Waals surface area contributed by atoms with Crippen molar-refractivity contribution in [1.29, 1.82) is 0 Å². The molecule has 0 radical (unpaired) electrons. The van der Waals surface area contributed by atoms with Crippen LogP contribution in [0, 0.1) is 5.41 Å². The van der Waals surface area contributed by atoms with Crippen molar-refractivity contribution in [3.8, 4) is 0 Å². The summed E-state index contributed by atoms with van der Waals surface area (Å²) in [6, 6.07) is 10.8. The Hall–Kier alpha value is -3.29. The van der Waals surface area contributed by atoms with Gasteiger partial charge in [0.2, 0.25) is 0 Å². The fourth-order valence-corrected chi connectivity index (χ4v) is 4.20. The van der Waals surface area contributed by atoms with Crippen molar-refractivity contribution in [3.05, 3.63) is 70.9 Å². The number of aryl methyl sites for hydroxylation is 1. The highest BCUT2D eigenvalue weighted by Gasteiger charge is 2.30. The summed E-state index contributed by atoms with van der Waals surface area (Å²) in [4.78, 5) is 24.8. The molecule has 0 unspecified atom stereocenters. The Kier molecular flexibility index (Phi) is 7.93. The smallest absolute Gasteiger partial charge is 0.416 e. The molecule has 1 amide bonds. The largest absolute Gasteiger partial charge is 0.469 e. The minimum atomic E-state index is -4.38. The second-order valence-electron chi connectivity index (χ2n) is 9.43. The van der Waals surface area contributed by atoms with Gasteiger partial charge in [-0.15, -0.1) is 0 Å². The summed E-state index contributed by atoms with van der Waals surface area (Å²) in [6.45, 7) is 6.93. The highest BCUT2D eigenvalue weighted by molar-refractivity contribution is 6.08. The number of hydrogen-bond acceptors (Lipinski definition) is 3. The number of alkyl halides is 3. The number of halogens is 3. The fraction of sp³-hybridized carbons (Fsp3) is 0.407. The molecule has 188 valence electrons. The van der Waals surface area contributed by atoms with Crippen LogP contribution in [-0.2, 0) is 28.7 Å². The molecule has 2 aromatic carbocycles. The third kappa shape index (κ3) is 6.44. The number of esters is 1. The molecule has 1 aromatic heterocycles. The van der Waals surface area contributed by atoms with Gasteiger partial charge >= 0.3 is 12.1 Å². The van der Waals surface area contributed by atoms with Crippen LogP contribution >= 0.6 is 0 Å². The first-order chi connectivity index (χ1) is 16.4. The average Bonchev–Trinajstić information content (AvgIpc) is 3.18. The molecule has 0 aliphatic rings. The molecule has 0 saturated heterocycles. The zero-order chi connectivity index (χ0) is 25.8. The van der Waals surface area contributed by atoms with Gasteiger partial charge in [0, 0.05) is 30.2 Å². The molecule has 0 spiro atoms. The van der Waals surface area contributed by atoms with Crippen LogP contribution in [0.2, 0.25) is 0 Å². The minimum absolute atomic E-state index is 0.226. The molecule has 3 rings (SSSR count). The summed E-state index contributed by atoms with van der Waals surface area (Å²) in [7, 11) is 1.35. The van der Waals surface area contributed by atoms with Gasteiger partial charge < -0.3 is 14.6 Å². The first-order valence-electron chi connectivity index (χ1n) is 11.6. The molecule has 0 fully saturated rings. The van der Waals surface area contributed by atoms with Crippen LogP contribution in [-0.4, -0.2) is 30.1 Å². The van der Waals surface area contributed by atoms with Crippen LogP contribution in [0.5, 0.6) is 0 Å². The van der Waals surface area contributed by atoms with Gasteiger partial charge in [-0.3, -0.25) is 9.59 Å². The van der Waals surface area contributed by atoms with Gasteiger partial charge in [0.25, 0.3) is 5.91 Å². The molecule has 0 aliphatic carbocycles. The molecule has 0 saturated carbocycles. The van der Waals surface area contributed by atoms with Crippen LogP contribution in [0.25, 0.3) is 10.9 Å². The third-order valence-electron chi connectivity index (χ3n) is 6.19. The van der Waals surface area contributed by atoms with Gasteiger partial charge in [-0.2, -0.15) is 13.2 Å². The molecule has 3 aromatic rings. The monoisotopic (exact) mass is 488 g/mol. The number of rotatable bonds is 9. The Morgan fingerprint density at radius 3 is 2.34 bits per heavy atom. The van der Waals surface area contributed by atoms with Crippen LogP contribution in [0.15, 0.2) is 48.7 Å². The summed E-state index contributed by atoms with van der Waals surface area (Å²) < 4.78 is 45.5. The lowest BCUT2D eigenvalue weighted by Crippen LogP contribution is -2.29. The molecule has 0 aliphatic heterocycles. The fourth-order valence-electron chi connectivity index (χ4n) is 4.20. The van der Waals surface area contributed by atoms with Gasteiger partial charge in [0.05, 0.1) is 24.7 Å². The first-order valence-corrected chi connectivity index (χ1v) is 11.6. The summed E-state index contributed by atoms with van der Waals surface area (Å²) in [6.07, 6.45) is -1.32. The number of fused-ring (bicyclic) bond motifs is 1. The Balaban J connectivity index is 1.84. The maximum Gasteiger partial charge on any atom is 0.416 e. The third-order valence-corrected chi connectivity index (χ3v) is 6.19. The molecule has 1 N–H and O–H groups in total. The number of aromatic nitrogens is 1. The molecule has 5 nitrogen and oxygen atoms in total. The van der Waals surface area contributed by atoms with Gasteiger partial charge in [-0.1, -0.05) is 38.1 Å². The van der Waals surface area contributed by atoms with E-state index in [4.69, 9.17) is 4.74 Å². The van der Waals surface area contributed by atoms with Crippen molar-refractivity contribution in [2.45, 2.75) is 52.8 Å².